The molecule has 0 saturated carbocycles. The molecule has 0 bridgehead atoms. The average molecular weight is 518 g/mol. The zero-order valence-electron chi connectivity index (χ0n) is 23.9. The molecule has 2 N–H and O–H groups in total. The fourth-order valence-electron chi connectivity index (χ4n) is 4.82. The summed E-state index contributed by atoms with van der Waals surface area (Å²) in [7, 11) is -3.31. The van der Waals surface area contributed by atoms with E-state index in [4.69, 9.17) is 4.74 Å². The van der Waals surface area contributed by atoms with Crippen LogP contribution >= 0.6 is 0 Å². The third-order valence-corrected chi connectivity index (χ3v) is 9.35. The number of nitrogens with one attached hydrogen (secondary N) is 1. The molecule has 36 heavy (non-hydrogen) atoms. The van der Waals surface area contributed by atoms with E-state index in [0.717, 1.165) is 35.3 Å². The molecule has 2 atom stereocenters. The Morgan fingerprint density at radius 3 is 1.89 bits per heavy atom. The predicted molar refractivity (Wildman–Crippen MR) is 150 cm³/mol. The van der Waals surface area contributed by atoms with Gasteiger partial charge in [0.2, 0.25) is 10.0 Å². The monoisotopic (exact) mass is 517 g/mol. The molecule has 2 aromatic carbocycles. The van der Waals surface area contributed by atoms with E-state index >= 15 is 0 Å². The lowest BCUT2D eigenvalue weighted by atomic mass is 9.70. The first-order valence-corrected chi connectivity index (χ1v) is 14.7. The molecule has 0 fully saturated rings. The van der Waals surface area contributed by atoms with E-state index in [2.05, 4.69) is 49.8 Å². The first-order valence-electron chi connectivity index (χ1n) is 13.1. The van der Waals surface area contributed by atoms with Gasteiger partial charge in [-0.25, -0.2) is 13.1 Å². The van der Waals surface area contributed by atoms with Gasteiger partial charge in [0.1, 0.15) is 11.9 Å². The first kappa shape index (κ1) is 30.3. The smallest absolute Gasteiger partial charge is 0.214 e. The highest BCUT2D eigenvalue weighted by Gasteiger charge is 2.32. The Morgan fingerprint density at radius 2 is 1.44 bits per heavy atom. The van der Waals surface area contributed by atoms with Gasteiger partial charge in [0.25, 0.3) is 0 Å². The second-order valence-corrected chi connectivity index (χ2v) is 13.8. The number of aryl methyl sites for hydroxylation is 2. The minimum absolute atomic E-state index is 0.166. The van der Waals surface area contributed by atoms with Gasteiger partial charge >= 0.3 is 0 Å². The Morgan fingerprint density at radius 1 is 0.917 bits per heavy atom. The topological polar surface area (TPSA) is 75.6 Å². The molecule has 0 saturated heterocycles. The van der Waals surface area contributed by atoms with Crippen molar-refractivity contribution in [3.63, 3.8) is 0 Å². The van der Waals surface area contributed by atoms with Crippen LogP contribution in [0.15, 0.2) is 36.4 Å². The van der Waals surface area contributed by atoms with Gasteiger partial charge in [-0.2, -0.15) is 0 Å². The third-order valence-electron chi connectivity index (χ3n) is 7.56. The van der Waals surface area contributed by atoms with Crippen LogP contribution in [0.3, 0.4) is 0 Å². The largest absolute Gasteiger partial charge is 0.488 e. The molecular weight excluding hydrogens is 470 g/mol. The van der Waals surface area contributed by atoms with Crippen LogP contribution in [0, 0.1) is 19.3 Å². The van der Waals surface area contributed by atoms with Crippen molar-refractivity contribution in [3.05, 3.63) is 64.2 Å². The van der Waals surface area contributed by atoms with Crippen molar-refractivity contribution >= 4 is 10.0 Å². The molecule has 0 aliphatic carbocycles. The summed E-state index contributed by atoms with van der Waals surface area (Å²) in [5.74, 6) is 0.791. The molecule has 2 rings (SSSR count). The van der Waals surface area contributed by atoms with Gasteiger partial charge in [0.15, 0.2) is 0 Å². The minimum atomic E-state index is -3.31. The van der Waals surface area contributed by atoms with Gasteiger partial charge in [0, 0.05) is 12.0 Å². The maximum absolute atomic E-state index is 12.2. The van der Waals surface area contributed by atoms with Gasteiger partial charge in [-0.3, -0.25) is 0 Å². The SMILES string of the molecule is CCC(CC)(c1ccc(CNS(=O)(=O)C(C)C)c(C)c1)c1ccc(OC(C)C(O)C(C)(C)C)c(C)c1. The second kappa shape index (κ2) is 11.7. The van der Waals surface area contributed by atoms with Crippen LogP contribution in [0.25, 0.3) is 0 Å². The van der Waals surface area contributed by atoms with Gasteiger partial charge in [-0.1, -0.05) is 65.0 Å². The summed E-state index contributed by atoms with van der Waals surface area (Å²) >= 11 is 0. The second-order valence-electron chi connectivity index (χ2n) is 11.5. The number of benzene rings is 2. The van der Waals surface area contributed by atoms with Crippen LogP contribution in [-0.2, 0) is 22.0 Å². The van der Waals surface area contributed by atoms with Crippen LogP contribution in [0.1, 0.15) is 96.0 Å². The van der Waals surface area contributed by atoms with Crippen molar-refractivity contribution in [2.45, 2.75) is 111 Å². The highest BCUT2D eigenvalue weighted by molar-refractivity contribution is 7.90. The lowest BCUT2D eigenvalue weighted by Gasteiger charge is -2.35. The zero-order valence-corrected chi connectivity index (χ0v) is 24.7. The summed E-state index contributed by atoms with van der Waals surface area (Å²) in [4.78, 5) is 0. The van der Waals surface area contributed by atoms with Crippen LogP contribution in [0.5, 0.6) is 5.75 Å². The fourth-order valence-corrected chi connectivity index (χ4v) is 5.51. The minimum Gasteiger partial charge on any atom is -0.488 e. The fraction of sp³-hybridized carbons (Fsp3) is 0.600. The molecule has 0 heterocycles. The summed E-state index contributed by atoms with van der Waals surface area (Å²) in [6, 6.07) is 12.8. The quantitative estimate of drug-likeness (QED) is 0.361. The highest BCUT2D eigenvalue weighted by atomic mass is 32.2. The predicted octanol–water partition coefficient (Wildman–Crippen LogP) is 6.41. The first-order chi connectivity index (χ1) is 16.6. The number of hydrogen-bond donors (Lipinski definition) is 2. The van der Waals surface area contributed by atoms with E-state index in [-0.39, 0.29) is 16.9 Å². The number of aliphatic hydroxyl groups excluding tert-OH is 1. The van der Waals surface area contributed by atoms with Crippen LogP contribution in [0.4, 0.5) is 0 Å². The molecule has 0 spiro atoms. The molecule has 0 aliphatic rings. The van der Waals surface area contributed by atoms with Crippen LogP contribution < -0.4 is 9.46 Å². The van der Waals surface area contributed by atoms with Crippen molar-refractivity contribution in [2.75, 3.05) is 0 Å². The van der Waals surface area contributed by atoms with E-state index in [1.54, 1.807) is 13.8 Å². The maximum atomic E-state index is 12.2. The Labute approximate surface area is 219 Å². The molecule has 0 aliphatic heterocycles. The molecule has 5 nitrogen and oxygen atoms in total. The maximum Gasteiger partial charge on any atom is 0.214 e. The summed E-state index contributed by atoms with van der Waals surface area (Å²) < 4.78 is 33.3. The Balaban J connectivity index is 2.37. The highest BCUT2D eigenvalue weighted by Crippen LogP contribution is 2.41. The summed E-state index contributed by atoms with van der Waals surface area (Å²) in [5, 5.41) is 10.2. The summed E-state index contributed by atoms with van der Waals surface area (Å²) in [6.07, 6.45) is 0.968. The number of rotatable bonds is 11. The number of hydrogen-bond acceptors (Lipinski definition) is 4. The Bertz CT molecular complexity index is 1130. The molecule has 202 valence electrons. The lowest BCUT2D eigenvalue weighted by Crippen LogP contribution is -2.39. The third kappa shape index (κ3) is 6.70. The average Bonchev–Trinajstić information content (AvgIpc) is 2.80. The van der Waals surface area contributed by atoms with Crippen molar-refractivity contribution in [1.82, 2.24) is 4.72 Å². The van der Waals surface area contributed by atoms with Crippen LogP contribution in [0.2, 0.25) is 0 Å². The standard InChI is InChI=1S/C30H47NO4S/c1-11-30(12-2,25-14-13-24(21(5)17-25)19-31-36(33,34)20(3)4)26-15-16-27(22(6)18-26)35-23(7)28(32)29(8,9)10/h13-18,20,23,28,31-32H,11-12,19H2,1-10H3. The Kier molecular flexibility index (Phi) is 9.82. The van der Waals surface area contributed by atoms with E-state index in [0.29, 0.717) is 6.54 Å². The summed E-state index contributed by atoms with van der Waals surface area (Å²) in [6.45, 7) is 20.1. The molecular formula is C30H47NO4S. The van der Waals surface area contributed by atoms with Crippen molar-refractivity contribution in [2.24, 2.45) is 5.41 Å². The lowest BCUT2D eigenvalue weighted by molar-refractivity contribution is -0.0234. The van der Waals surface area contributed by atoms with Crippen molar-refractivity contribution in [3.8, 4) is 5.75 Å². The number of aliphatic hydroxyl groups is 1. The molecule has 6 heteroatoms. The van der Waals surface area contributed by atoms with E-state index < -0.39 is 21.4 Å². The molecule has 0 radical (unpaired) electrons. The molecule has 0 amide bonds. The van der Waals surface area contributed by atoms with Gasteiger partial charge in [0.05, 0.1) is 11.4 Å². The van der Waals surface area contributed by atoms with Gasteiger partial charge in [-0.05, 0) is 86.8 Å². The van der Waals surface area contributed by atoms with Crippen molar-refractivity contribution in [1.29, 1.82) is 0 Å². The van der Waals surface area contributed by atoms with E-state index in [1.165, 1.54) is 11.1 Å². The van der Waals surface area contributed by atoms with E-state index in [9.17, 15) is 13.5 Å². The van der Waals surface area contributed by atoms with E-state index in [1.807, 2.05) is 46.8 Å². The van der Waals surface area contributed by atoms with Gasteiger partial charge in [-0.15, -0.1) is 0 Å². The summed E-state index contributed by atoms with van der Waals surface area (Å²) in [5.41, 5.74) is 5.14. The molecule has 0 aromatic heterocycles. The number of sulfonamides is 1. The Hall–Kier alpha value is -1.89. The molecule has 2 aromatic rings. The zero-order chi connectivity index (χ0) is 27.5. The van der Waals surface area contributed by atoms with Gasteiger partial charge < -0.3 is 9.84 Å². The number of ether oxygens (including phenoxy) is 1. The van der Waals surface area contributed by atoms with Crippen molar-refractivity contribution < 1.29 is 18.3 Å². The van der Waals surface area contributed by atoms with Crippen LogP contribution in [-0.4, -0.2) is 31.0 Å². The molecule has 2 unspecified atom stereocenters. The normalized spacial score (nSPS) is 14.7.